The number of pyridine rings is 1. The summed E-state index contributed by atoms with van der Waals surface area (Å²) in [4.78, 5) is 8.44. The number of nitrogens with two attached hydrogens (primary N) is 1. The summed E-state index contributed by atoms with van der Waals surface area (Å²) in [6, 6.07) is 9.60. The van der Waals surface area contributed by atoms with E-state index in [2.05, 4.69) is 15.1 Å². The van der Waals surface area contributed by atoms with Gasteiger partial charge in [0.1, 0.15) is 5.75 Å². The lowest BCUT2D eigenvalue weighted by atomic mass is 10.2. The molecule has 0 aliphatic rings. The summed E-state index contributed by atoms with van der Waals surface area (Å²) in [5.41, 5.74) is 6.36. The molecule has 2 N–H and O–H groups in total. The standard InChI is InChI=1S/C14H14N4O2/c15-6-5-14-17-13(18-20-14)9-19-11-3-4-12-10(8-11)2-1-7-16-12/h1-4,7-8H,5-6,9,15H2. The molecule has 0 spiro atoms. The molecule has 0 aliphatic carbocycles. The van der Waals surface area contributed by atoms with Crippen LogP contribution in [0.2, 0.25) is 0 Å². The highest BCUT2D eigenvalue weighted by Crippen LogP contribution is 2.19. The summed E-state index contributed by atoms with van der Waals surface area (Å²) in [5, 5.41) is 4.86. The Bertz CT molecular complexity index is 711. The molecule has 3 rings (SSSR count). The Kier molecular flexibility index (Phi) is 3.56. The number of aromatic nitrogens is 3. The average molecular weight is 270 g/mol. The number of hydrogen-bond donors (Lipinski definition) is 1. The highest BCUT2D eigenvalue weighted by molar-refractivity contribution is 5.79. The van der Waals surface area contributed by atoms with E-state index in [1.165, 1.54) is 0 Å². The molecule has 1 aromatic carbocycles. The Balaban J connectivity index is 1.69. The number of rotatable bonds is 5. The summed E-state index contributed by atoms with van der Waals surface area (Å²) < 4.78 is 10.7. The van der Waals surface area contributed by atoms with Crippen LogP contribution < -0.4 is 10.5 Å². The van der Waals surface area contributed by atoms with Crippen molar-refractivity contribution < 1.29 is 9.26 Å². The molecule has 2 aromatic heterocycles. The normalized spacial score (nSPS) is 10.8. The van der Waals surface area contributed by atoms with Gasteiger partial charge in [0.2, 0.25) is 11.7 Å². The molecule has 20 heavy (non-hydrogen) atoms. The fourth-order valence-corrected chi connectivity index (χ4v) is 1.87. The Morgan fingerprint density at radius 1 is 1.25 bits per heavy atom. The lowest BCUT2D eigenvalue weighted by Gasteiger charge is -2.04. The molecule has 0 saturated carbocycles. The average Bonchev–Trinajstić information content (AvgIpc) is 2.93. The first kappa shape index (κ1) is 12.6. The molecule has 3 aromatic rings. The van der Waals surface area contributed by atoms with E-state index in [4.69, 9.17) is 15.0 Å². The molecule has 0 amide bonds. The van der Waals surface area contributed by atoms with Crippen LogP contribution in [-0.2, 0) is 13.0 Å². The van der Waals surface area contributed by atoms with Gasteiger partial charge in [-0.2, -0.15) is 4.98 Å². The number of ether oxygens (including phenoxy) is 1. The number of fused-ring (bicyclic) bond motifs is 1. The zero-order chi connectivity index (χ0) is 13.8. The first-order valence-corrected chi connectivity index (χ1v) is 6.34. The second-order valence-electron chi connectivity index (χ2n) is 4.29. The van der Waals surface area contributed by atoms with Gasteiger partial charge in [0.25, 0.3) is 0 Å². The SMILES string of the molecule is NCCc1nc(COc2ccc3ncccc3c2)no1. The van der Waals surface area contributed by atoms with Gasteiger partial charge in [0, 0.05) is 24.5 Å². The highest BCUT2D eigenvalue weighted by atomic mass is 16.5. The largest absolute Gasteiger partial charge is 0.485 e. The minimum atomic E-state index is 0.264. The van der Waals surface area contributed by atoms with Gasteiger partial charge in [0.05, 0.1) is 5.52 Å². The van der Waals surface area contributed by atoms with Crippen LogP contribution in [0.25, 0.3) is 10.9 Å². The maximum Gasteiger partial charge on any atom is 0.228 e. The molecule has 0 radical (unpaired) electrons. The molecule has 0 atom stereocenters. The van der Waals surface area contributed by atoms with Crippen LogP contribution in [0.5, 0.6) is 5.75 Å². The lowest BCUT2D eigenvalue weighted by Crippen LogP contribution is -2.03. The smallest absolute Gasteiger partial charge is 0.228 e. The van der Waals surface area contributed by atoms with Crippen LogP contribution in [0.1, 0.15) is 11.7 Å². The van der Waals surface area contributed by atoms with Crippen molar-refractivity contribution in [3.8, 4) is 5.75 Å². The van der Waals surface area contributed by atoms with Gasteiger partial charge in [-0.1, -0.05) is 11.2 Å². The lowest BCUT2D eigenvalue weighted by molar-refractivity contribution is 0.285. The third-order valence-corrected chi connectivity index (χ3v) is 2.81. The van der Waals surface area contributed by atoms with Crippen LogP contribution in [0.15, 0.2) is 41.1 Å². The van der Waals surface area contributed by atoms with E-state index in [1.54, 1.807) is 6.20 Å². The summed E-state index contributed by atoms with van der Waals surface area (Å²) in [6.45, 7) is 0.750. The monoisotopic (exact) mass is 270 g/mol. The third kappa shape index (κ3) is 2.75. The van der Waals surface area contributed by atoms with E-state index in [-0.39, 0.29) is 6.61 Å². The molecule has 0 unspecified atom stereocenters. The number of hydrogen-bond acceptors (Lipinski definition) is 6. The molecular weight excluding hydrogens is 256 g/mol. The third-order valence-electron chi connectivity index (χ3n) is 2.81. The molecule has 102 valence electrons. The van der Waals surface area contributed by atoms with Crippen molar-refractivity contribution in [2.45, 2.75) is 13.0 Å². The van der Waals surface area contributed by atoms with Gasteiger partial charge in [-0.15, -0.1) is 0 Å². The Morgan fingerprint density at radius 2 is 2.20 bits per heavy atom. The zero-order valence-corrected chi connectivity index (χ0v) is 10.8. The quantitative estimate of drug-likeness (QED) is 0.759. The molecule has 0 bridgehead atoms. The van der Waals surface area contributed by atoms with Crippen molar-refractivity contribution in [3.05, 3.63) is 48.2 Å². The first-order chi connectivity index (χ1) is 9.85. The van der Waals surface area contributed by atoms with Gasteiger partial charge in [-0.05, 0) is 24.3 Å². The summed E-state index contributed by atoms with van der Waals surface area (Å²) in [7, 11) is 0. The topological polar surface area (TPSA) is 87.1 Å². The van der Waals surface area contributed by atoms with Gasteiger partial charge < -0.3 is 15.0 Å². The van der Waals surface area contributed by atoms with Crippen LogP contribution >= 0.6 is 0 Å². The van der Waals surface area contributed by atoms with Crippen LogP contribution in [0.3, 0.4) is 0 Å². The fraction of sp³-hybridized carbons (Fsp3) is 0.214. The van der Waals surface area contributed by atoms with Crippen molar-refractivity contribution >= 4 is 10.9 Å². The van der Waals surface area contributed by atoms with Crippen LogP contribution in [0.4, 0.5) is 0 Å². The van der Waals surface area contributed by atoms with Gasteiger partial charge in [-0.25, -0.2) is 0 Å². The molecule has 0 saturated heterocycles. The predicted octanol–water partition coefficient (Wildman–Crippen LogP) is 1.70. The summed E-state index contributed by atoms with van der Waals surface area (Å²) in [6.07, 6.45) is 2.34. The van der Waals surface area contributed by atoms with E-state index in [9.17, 15) is 0 Å². The van der Waals surface area contributed by atoms with Crippen molar-refractivity contribution in [1.29, 1.82) is 0 Å². The van der Waals surface area contributed by atoms with Crippen LogP contribution in [-0.4, -0.2) is 21.7 Å². The Labute approximate surface area is 115 Å². The van der Waals surface area contributed by atoms with Crippen molar-refractivity contribution in [2.75, 3.05) is 6.54 Å². The van der Waals surface area contributed by atoms with Gasteiger partial charge >= 0.3 is 0 Å². The first-order valence-electron chi connectivity index (χ1n) is 6.34. The van der Waals surface area contributed by atoms with Crippen LogP contribution in [0, 0.1) is 0 Å². The molecule has 2 heterocycles. The highest BCUT2D eigenvalue weighted by Gasteiger charge is 2.06. The van der Waals surface area contributed by atoms with E-state index < -0.39 is 0 Å². The second-order valence-corrected chi connectivity index (χ2v) is 4.29. The molecule has 0 fully saturated rings. The minimum absolute atomic E-state index is 0.264. The van der Waals surface area contributed by atoms with Crippen molar-refractivity contribution in [1.82, 2.24) is 15.1 Å². The van der Waals surface area contributed by atoms with Crippen molar-refractivity contribution in [2.24, 2.45) is 5.73 Å². The predicted molar refractivity (Wildman–Crippen MR) is 73.1 cm³/mol. The fourth-order valence-electron chi connectivity index (χ4n) is 1.87. The summed E-state index contributed by atoms with van der Waals surface area (Å²) in [5.74, 6) is 1.80. The maximum absolute atomic E-state index is 5.65. The Morgan fingerprint density at radius 3 is 3.10 bits per heavy atom. The zero-order valence-electron chi connectivity index (χ0n) is 10.8. The van der Waals surface area contributed by atoms with E-state index in [0.29, 0.717) is 24.7 Å². The Hall–Kier alpha value is -2.47. The minimum Gasteiger partial charge on any atom is -0.485 e. The van der Waals surface area contributed by atoms with Gasteiger partial charge in [-0.3, -0.25) is 4.98 Å². The second kappa shape index (κ2) is 5.66. The van der Waals surface area contributed by atoms with E-state index in [1.807, 2.05) is 30.3 Å². The molecule has 0 aliphatic heterocycles. The maximum atomic E-state index is 5.65. The summed E-state index contributed by atoms with van der Waals surface area (Å²) >= 11 is 0. The molecule has 6 heteroatoms. The molecular formula is C14H14N4O2. The number of benzene rings is 1. The van der Waals surface area contributed by atoms with Crippen molar-refractivity contribution in [3.63, 3.8) is 0 Å². The number of nitrogens with zero attached hydrogens (tertiary/aromatic N) is 3. The van der Waals surface area contributed by atoms with E-state index >= 15 is 0 Å². The molecule has 6 nitrogen and oxygen atoms in total. The van der Waals surface area contributed by atoms with Gasteiger partial charge in [0.15, 0.2) is 6.61 Å². The van der Waals surface area contributed by atoms with E-state index in [0.717, 1.165) is 16.7 Å².